The highest BCUT2D eigenvalue weighted by atomic mass is 16.4. The third kappa shape index (κ3) is 2.51. The van der Waals surface area contributed by atoms with Crippen LogP contribution in [0.2, 0.25) is 0 Å². The second-order valence-corrected chi connectivity index (χ2v) is 11.1. The van der Waals surface area contributed by atoms with Crippen LogP contribution < -0.4 is 15.3 Å². The van der Waals surface area contributed by atoms with Crippen molar-refractivity contribution in [2.45, 2.75) is 66.2 Å². The molecule has 0 saturated heterocycles. The van der Waals surface area contributed by atoms with Crippen molar-refractivity contribution in [2.75, 3.05) is 0 Å². The van der Waals surface area contributed by atoms with Gasteiger partial charge in [0.05, 0.1) is 0 Å². The predicted octanol–water partition coefficient (Wildman–Crippen LogP) is 0.294. The van der Waals surface area contributed by atoms with Gasteiger partial charge in [-0.2, -0.15) is 0 Å². The third-order valence-corrected chi connectivity index (χ3v) is 9.67. The minimum atomic E-state index is -1.32. The van der Waals surface area contributed by atoms with Gasteiger partial charge in [-0.1, -0.05) is 45.8 Å². The first-order valence-electron chi connectivity index (χ1n) is 11.3. The smallest absolute Gasteiger partial charge is 0.0476 e. The van der Waals surface area contributed by atoms with Crippen molar-refractivity contribution in [2.24, 2.45) is 51.8 Å². The molecule has 3 saturated carbocycles. The van der Waals surface area contributed by atoms with E-state index in [2.05, 4.69) is 13.0 Å². The van der Waals surface area contributed by atoms with E-state index in [0.717, 1.165) is 18.4 Å². The quantitative estimate of drug-likeness (QED) is 0.609. The Labute approximate surface area is 177 Å². The lowest BCUT2D eigenvalue weighted by molar-refractivity contribution is -0.343. The second-order valence-electron chi connectivity index (χ2n) is 11.1. The average Bonchev–Trinajstić information content (AvgIpc) is 2.65. The molecule has 166 valence electrons. The van der Waals surface area contributed by atoms with Gasteiger partial charge in [-0.05, 0) is 61.2 Å². The summed E-state index contributed by atoms with van der Waals surface area (Å²) >= 11 is 0. The molecule has 0 amide bonds. The molecule has 5 aliphatic carbocycles. The summed E-state index contributed by atoms with van der Waals surface area (Å²) in [5.74, 6) is -6.39. The van der Waals surface area contributed by atoms with Crippen molar-refractivity contribution in [3.8, 4) is 0 Å². The third-order valence-electron chi connectivity index (χ3n) is 9.67. The van der Waals surface area contributed by atoms with Gasteiger partial charge in [-0.25, -0.2) is 0 Å². The van der Waals surface area contributed by atoms with Crippen molar-refractivity contribution in [1.29, 1.82) is 0 Å². The molecule has 2 bridgehead atoms. The summed E-state index contributed by atoms with van der Waals surface area (Å²) in [5, 5.41) is 36.6. The number of hydrogen-bond acceptors (Lipinski definition) is 6. The molecule has 0 aromatic rings. The van der Waals surface area contributed by atoms with Crippen molar-refractivity contribution >= 4 is 17.9 Å². The molecule has 1 spiro atoms. The van der Waals surface area contributed by atoms with Crippen LogP contribution in [0.25, 0.3) is 0 Å². The Morgan fingerprint density at radius 2 is 1.67 bits per heavy atom. The van der Waals surface area contributed by atoms with Gasteiger partial charge in [0, 0.05) is 40.6 Å². The van der Waals surface area contributed by atoms with Crippen molar-refractivity contribution in [3.05, 3.63) is 11.6 Å². The number of rotatable bonds is 4. The lowest BCUT2D eigenvalue weighted by atomic mass is 9.34. The fraction of sp³-hybridized carbons (Fsp3) is 0.792. The number of carbonyl (C=O) groups excluding carboxylic acids is 3. The Morgan fingerprint density at radius 3 is 2.20 bits per heavy atom. The van der Waals surface area contributed by atoms with E-state index >= 15 is 0 Å². The Morgan fingerprint density at radius 1 is 1.00 bits per heavy atom. The highest BCUT2D eigenvalue weighted by molar-refractivity contribution is 5.81. The molecule has 0 heterocycles. The second kappa shape index (κ2) is 6.57. The van der Waals surface area contributed by atoms with Gasteiger partial charge in [-0.3, -0.25) is 0 Å². The molecule has 0 aromatic carbocycles. The monoisotopic (exact) mass is 415 g/mol. The molecule has 8 atom stereocenters. The Bertz CT molecular complexity index is 830. The summed E-state index contributed by atoms with van der Waals surface area (Å²) in [6.45, 7) is 7.91. The maximum atomic E-state index is 12.3. The Balaban J connectivity index is 1.89. The fourth-order valence-electron chi connectivity index (χ4n) is 8.52. The number of carboxylic acid groups (broad SMARTS) is 3. The highest BCUT2D eigenvalue weighted by Crippen LogP contribution is 2.73. The van der Waals surface area contributed by atoms with Crippen LogP contribution in [-0.4, -0.2) is 17.9 Å². The minimum Gasteiger partial charge on any atom is -0.550 e. The van der Waals surface area contributed by atoms with E-state index in [-0.39, 0.29) is 23.2 Å². The van der Waals surface area contributed by atoms with Crippen LogP contribution >= 0.6 is 0 Å². The van der Waals surface area contributed by atoms with Gasteiger partial charge < -0.3 is 29.7 Å². The Kier molecular flexibility index (Phi) is 4.68. The van der Waals surface area contributed by atoms with Crippen molar-refractivity contribution in [3.63, 3.8) is 0 Å². The predicted molar refractivity (Wildman–Crippen MR) is 102 cm³/mol. The molecule has 0 aromatic heterocycles. The van der Waals surface area contributed by atoms with Crippen LogP contribution in [0.15, 0.2) is 11.6 Å². The van der Waals surface area contributed by atoms with Gasteiger partial charge in [-0.15, -0.1) is 0 Å². The maximum Gasteiger partial charge on any atom is 0.0476 e. The molecular weight excluding hydrogens is 384 g/mol. The van der Waals surface area contributed by atoms with Crippen LogP contribution in [0.4, 0.5) is 0 Å². The largest absolute Gasteiger partial charge is 0.550 e. The van der Waals surface area contributed by atoms with E-state index in [1.54, 1.807) is 6.92 Å². The van der Waals surface area contributed by atoms with Crippen LogP contribution in [0.5, 0.6) is 0 Å². The van der Waals surface area contributed by atoms with E-state index in [1.807, 2.05) is 13.8 Å². The zero-order valence-corrected chi connectivity index (χ0v) is 18.2. The fourth-order valence-corrected chi connectivity index (χ4v) is 8.52. The molecule has 0 unspecified atom stereocenters. The number of allylic oxidation sites excluding steroid dienone is 2. The van der Waals surface area contributed by atoms with E-state index in [4.69, 9.17) is 0 Å². The molecule has 5 rings (SSSR count). The summed E-state index contributed by atoms with van der Waals surface area (Å²) in [6.07, 6.45) is 5.79. The van der Waals surface area contributed by atoms with E-state index in [1.165, 1.54) is 0 Å². The number of aliphatic carboxylic acids is 3. The van der Waals surface area contributed by atoms with Crippen LogP contribution in [0.1, 0.15) is 66.2 Å². The minimum absolute atomic E-state index is 0.0891. The zero-order chi connectivity index (χ0) is 22.2. The molecule has 0 radical (unpaired) electrons. The van der Waals surface area contributed by atoms with Crippen molar-refractivity contribution < 1.29 is 29.7 Å². The van der Waals surface area contributed by atoms with Gasteiger partial charge in [0.1, 0.15) is 0 Å². The molecule has 6 nitrogen and oxygen atoms in total. The SMILES string of the molecule is CC(C)C1=C[C@@]23CC[C@@H]4[C@](C)(CCC[C@@]4(C)C(=O)[O-])[C@@H]2C[C@@H]1[C@H](C(=O)[O-])[C@@H]3C(=O)[O-]. The average molecular weight is 416 g/mol. The summed E-state index contributed by atoms with van der Waals surface area (Å²) < 4.78 is 0. The van der Waals surface area contributed by atoms with Gasteiger partial charge >= 0.3 is 0 Å². The highest BCUT2D eigenvalue weighted by Gasteiger charge is 2.68. The van der Waals surface area contributed by atoms with Crippen LogP contribution in [-0.2, 0) is 14.4 Å². The molecular formula is C24H31O6-3. The normalized spacial score (nSPS) is 47.2. The molecule has 0 N–H and O–H groups in total. The van der Waals surface area contributed by atoms with Gasteiger partial charge in [0.15, 0.2) is 0 Å². The van der Waals surface area contributed by atoms with Gasteiger partial charge in [0.2, 0.25) is 0 Å². The van der Waals surface area contributed by atoms with Gasteiger partial charge in [0.25, 0.3) is 0 Å². The maximum absolute atomic E-state index is 12.3. The van der Waals surface area contributed by atoms with E-state index in [9.17, 15) is 29.7 Å². The Hall–Kier alpha value is -1.85. The molecule has 5 aliphatic rings. The molecule has 6 heteroatoms. The van der Waals surface area contributed by atoms with Crippen LogP contribution in [0.3, 0.4) is 0 Å². The number of hydrogen-bond donors (Lipinski definition) is 0. The number of fused-ring (bicyclic) bond motifs is 2. The van der Waals surface area contributed by atoms with Crippen molar-refractivity contribution in [1.82, 2.24) is 0 Å². The topological polar surface area (TPSA) is 120 Å². The lowest BCUT2D eigenvalue weighted by Gasteiger charge is -2.70. The first-order valence-corrected chi connectivity index (χ1v) is 11.3. The molecule has 30 heavy (non-hydrogen) atoms. The molecule has 3 fully saturated rings. The first kappa shape index (κ1) is 21.4. The molecule has 0 aliphatic heterocycles. The van der Waals surface area contributed by atoms with Crippen LogP contribution in [0, 0.1) is 51.8 Å². The number of carbonyl (C=O) groups is 3. The van der Waals surface area contributed by atoms with E-state index < -0.39 is 46.5 Å². The summed E-state index contributed by atoms with van der Waals surface area (Å²) in [5.41, 5.74) is -1.14. The van der Waals surface area contributed by atoms with E-state index in [0.29, 0.717) is 25.7 Å². The summed E-state index contributed by atoms with van der Waals surface area (Å²) in [6, 6.07) is 0. The zero-order valence-electron chi connectivity index (χ0n) is 18.2. The number of carboxylic acids is 3. The summed E-state index contributed by atoms with van der Waals surface area (Å²) in [7, 11) is 0. The first-order chi connectivity index (χ1) is 13.9. The standard InChI is InChI=1S/C24H34O6/c1-12(2)14-11-24-9-6-15-22(3,7-5-8-23(15,4)21(29)30)16(24)10-13(14)17(19(25)26)18(24)20(27)28/h11-13,15-18H,5-10H2,1-4H3,(H,25,26)(H,27,28)(H,29,30)/p-3/t13-,15+,16-,17-,18+,22-,23+,24-/m0/s1. The lowest BCUT2D eigenvalue weighted by Crippen LogP contribution is -2.69. The summed E-state index contributed by atoms with van der Waals surface area (Å²) in [4.78, 5) is 36.6.